The number of rotatable bonds is 1. The van der Waals surface area contributed by atoms with E-state index in [0.29, 0.717) is 0 Å². The number of carbonyl (C=O) groups excluding carboxylic acids is 1. The van der Waals surface area contributed by atoms with Crippen LogP contribution in [0, 0.1) is 0 Å². The monoisotopic (exact) mass is 170 g/mol. The molecule has 2 heteroatoms. The summed E-state index contributed by atoms with van der Waals surface area (Å²) in [5, 5.41) is 0. The Morgan fingerprint density at radius 2 is 1.67 bits per heavy atom. The topological polar surface area (TPSA) is 26.3 Å². The highest BCUT2D eigenvalue weighted by Gasteiger charge is 2.07. The minimum atomic E-state index is -0.122. The van der Waals surface area contributed by atoms with Crippen molar-refractivity contribution in [1.82, 2.24) is 0 Å². The Kier molecular flexibility index (Phi) is 5.00. The highest BCUT2D eigenvalue weighted by Crippen LogP contribution is 2.12. The molecule has 0 spiro atoms. The lowest BCUT2D eigenvalue weighted by atomic mass is 10.1. The molecule has 1 saturated heterocycles. The lowest BCUT2D eigenvalue weighted by Crippen LogP contribution is -2.15. The van der Waals surface area contributed by atoms with Gasteiger partial charge in [0.25, 0.3) is 0 Å². The van der Waals surface area contributed by atoms with Crippen LogP contribution in [0.4, 0.5) is 0 Å². The van der Waals surface area contributed by atoms with Crippen molar-refractivity contribution in [2.75, 3.05) is 6.61 Å². The average Bonchev–Trinajstić information content (AvgIpc) is 2.14. The molecular weight excluding hydrogens is 152 g/mol. The van der Waals surface area contributed by atoms with Crippen LogP contribution in [0.2, 0.25) is 0 Å². The molecular formula is C10H18O2. The quantitative estimate of drug-likeness (QED) is 0.564. The van der Waals surface area contributed by atoms with Crippen LogP contribution in [0.1, 0.15) is 44.9 Å². The van der Waals surface area contributed by atoms with E-state index in [2.05, 4.69) is 0 Å². The molecule has 0 saturated carbocycles. The van der Waals surface area contributed by atoms with Crippen LogP contribution in [0.25, 0.3) is 0 Å². The van der Waals surface area contributed by atoms with Gasteiger partial charge >= 0.3 is 0 Å². The molecule has 70 valence electrons. The zero-order valence-corrected chi connectivity index (χ0v) is 7.63. The predicted molar refractivity (Wildman–Crippen MR) is 48.1 cm³/mol. The highest BCUT2D eigenvalue weighted by atomic mass is 16.5. The third-order valence-electron chi connectivity index (χ3n) is 2.37. The summed E-state index contributed by atoms with van der Waals surface area (Å²) in [6, 6.07) is 0. The van der Waals surface area contributed by atoms with Crippen LogP contribution in [0.3, 0.4) is 0 Å². The van der Waals surface area contributed by atoms with Crippen molar-refractivity contribution in [2.45, 2.75) is 51.0 Å². The molecule has 0 amide bonds. The SMILES string of the molecule is O=CC1CCCCCCCCO1. The van der Waals surface area contributed by atoms with E-state index in [1.807, 2.05) is 0 Å². The zero-order valence-electron chi connectivity index (χ0n) is 7.63. The molecule has 1 aliphatic heterocycles. The molecule has 12 heavy (non-hydrogen) atoms. The van der Waals surface area contributed by atoms with E-state index in [4.69, 9.17) is 4.74 Å². The van der Waals surface area contributed by atoms with Crippen molar-refractivity contribution in [3.05, 3.63) is 0 Å². The fourth-order valence-corrected chi connectivity index (χ4v) is 1.58. The van der Waals surface area contributed by atoms with Gasteiger partial charge in [0, 0.05) is 6.61 Å². The molecule has 1 fully saturated rings. The first-order chi connectivity index (χ1) is 5.93. The second-order valence-electron chi connectivity index (χ2n) is 3.46. The molecule has 0 aromatic heterocycles. The van der Waals surface area contributed by atoms with Gasteiger partial charge in [0.2, 0.25) is 0 Å². The Bertz CT molecular complexity index is 113. The van der Waals surface area contributed by atoms with E-state index < -0.39 is 0 Å². The predicted octanol–water partition coefficient (Wildman–Crippen LogP) is 2.31. The Morgan fingerprint density at radius 3 is 2.42 bits per heavy atom. The first-order valence-corrected chi connectivity index (χ1v) is 5.00. The summed E-state index contributed by atoms with van der Waals surface area (Å²) in [6.45, 7) is 0.767. The molecule has 0 aromatic rings. The van der Waals surface area contributed by atoms with Gasteiger partial charge in [0.15, 0.2) is 0 Å². The summed E-state index contributed by atoms with van der Waals surface area (Å²) >= 11 is 0. The maximum Gasteiger partial charge on any atom is 0.148 e. The van der Waals surface area contributed by atoms with E-state index in [9.17, 15) is 4.79 Å². The molecule has 1 aliphatic rings. The minimum Gasteiger partial charge on any atom is -0.371 e. The van der Waals surface area contributed by atoms with Gasteiger partial charge in [-0.05, 0) is 12.8 Å². The number of hydrogen-bond acceptors (Lipinski definition) is 2. The molecule has 1 unspecified atom stereocenters. The normalized spacial score (nSPS) is 27.8. The van der Waals surface area contributed by atoms with Gasteiger partial charge in [0.05, 0.1) is 0 Å². The molecule has 0 radical (unpaired) electrons. The first kappa shape index (κ1) is 9.72. The van der Waals surface area contributed by atoms with Crippen molar-refractivity contribution < 1.29 is 9.53 Å². The van der Waals surface area contributed by atoms with Gasteiger partial charge in [-0.2, -0.15) is 0 Å². The largest absolute Gasteiger partial charge is 0.371 e. The second kappa shape index (κ2) is 6.18. The molecule has 0 aliphatic carbocycles. The van der Waals surface area contributed by atoms with E-state index in [1.54, 1.807) is 0 Å². The lowest BCUT2D eigenvalue weighted by molar-refractivity contribution is -0.118. The minimum absolute atomic E-state index is 0.122. The van der Waals surface area contributed by atoms with E-state index in [0.717, 1.165) is 32.2 Å². The van der Waals surface area contributed by atoms with E-state index >= 15 is 0 Å². The van der Waals surface area contributed by atoms with Gasteiger partial charge in [-0.1, -0.05) is 32.1 Å². The van der Waals surface area contributed by atoms with Crippen molar-refractivity contribution in [1.29, 1.82) is 0 Å². The third kappa shape index (κ3) is 3.86. The van der Waals surface area contributed by atoms with Gasteiger partial charge in [-0.15, -0.1) is 0 Å². The van der Waals surface area contributed by atoms with Crippen LogP contribution in [0.5, 0.6) is 0 Å². The van der Waals surface area contributed by atoms with Crippen molar-refractivity contribution >= 4 is 6.29 Å². The number of hydrogen-bond donors (Lipinski definition) is 0. The van der Waals surface area contributed by atoms with E-state index in [1.165, 1.54) is 25.7 Å². The summed E-state index contributed by atoms with van der Waals surface area (Å²) in [6.07, 6.45) is 9.17. The second-order valence-corrected chi connectivity index (χ2v) is 3.46. The number of aldehydes is 1. The van der Waals surface area contributed by atoms with Gasteiger partial charge < -0.3 is 9.53 Å². The summed E-state index contributed by atoms with van der Waals surface area (Å²) in [5.74, 6) is 0. The molecule has 0 aromatic carbocycles. The molecule has 1 atom stereocenters. The lowest BCUT2D eigenvalue weighted by Gasteiger charge is -2.13. The Labute approximate surface area is 74.3 Å². The van der Waals surface area contributed by atoms with Gasteiger partial charge in [0.1, 0.15) is 12.4 Å². The van der Waals surface area contributed by atoms with Gasteiger partial charge in [-0.3, -0.25) is 0 Å². The maximum absolute atomic E-state index is 10.5. The summed E-state index contributed by atoms with van der Waals surface area (Å²) < 4.78 is 5.40. The van der Waals surface area contributed by atoms with Crippen LogP contribution in [0.15, 0.2) is 0 Å². The van der Waals surface area contributed by atoms with Crippen LogP contribution < -0.4 is 0 Å². The maximum atomic E-state index is 10.5. The molecule has 2 nitrogen and oxygen atoms in total. The number of ether oxygens (including phenoxy) is 1. The summed E-state index contributed by atoms with van der Waals surface area (Å²) in [5.41, 5.74) is 0. The molecule has 1 rings (SSSR count). The van der Waals surface area contributed by atoms with Crippen LogP contribution in [-0.2, 0) is 9.53 Å². The molecule has 0 N–H and O–H groups in total. The van der Waals surface area contributed by atoms with Crippen molar-refractivity contribution in [2.24, 2.45) is 0 Å². The first-order valence-electron chi connectivity index (χ1n) is 5.00. The van der Waals surface area contributed by atoms with Crippen LogP contribution >= 0.6 is 0 Å². The highest BCUT2D eigenvalue weighted by molar-refractivity contribution is 5.55. The van der Waals surface area contributed by atoms with E-state index in [-0.39, 0.29) is 6.10 Å². The number of carbonyl (C=O) groups is 1. The Hall–Kier alpha value is -0.370. The fourth-order valence-electron chi connectivity index (χ4n) is 1.58. The van der Waals surface area contributed by atoms with Crippen molar-refractivity contribution in [3.8, 4) is 0 Å². The Balaban J connectivity index is 2.21. The van der Waals surface area contributed by atoms with Crippen LogP contribution in [-0.4, -0.2) is 19.0 Å². The Morgan fingerprint density at radius 1 is 1.00 bits per heavy atom. The molecule has 0 bridgehead atoms. The smallest absolute Gasteiger partial charge is 0.148 e. The fraction of sp³-hybridized carbons (Fsp3) is 0.900. The molecule has 1 heterocycles. The van der Waals surface area contributed by atoms with Crippen molar-refractivity contribution in [3.63, 3.8) is 0 Å². The standard InChI is InChI=1S/C10H18O2/c11-9-10-7-5-3-1-2-4-6-8-12-10/h9-10H,1-8H2. The average molecular weight is 170 g/mol. The summed E-state index contributed by atoms with van der Waals surface area (Å²) in [4.78, 5) is 10.5. The zero-order chi connectivity index (χ0) is 8.65. The third-order valence-corrected chi connectivity index (χ3v) is 2.37. The summed E-state index contributed by atoms with van der Waals surface area (Å²) in [7, 11) is 0. The van der Waals surface area contributed by atoms with Gasteiger partial charge in [-0.25, -0.2) is 0 Å².